The van der Waals surface area contributed by atoms with Crippen LogP contribution in [0.15, 0.2) is 12.1 Å². The molecule has 0 amide bonds. The van der Waals surface area contributed by atoms with Crippen molar-refractivity contribution in [2.45, 2.75) is 25.3 Å². The first-order chi connectivity index (χ1) is 9.28. The van der Waals surface area contributed by atoms with Crippen molar-refractivity contribution in [1.82, 2.24) is 4.90 Å². The second-order valence-corrected chi connectivity index (χ2v) is 5.75. The molecule has 0 spiro atoms. The average molecular weight is 280 g/mol. The standard InChI is InChI=1S/C15H20ClN2O/c1-19-15-11-12(16)5-6-14(15)18-9-7-17(8-10-18)13-3-2-4-13/h6,11,13H,2-4,7-10H2,1H3. The van der Waals surface area contributed by atoms with Crippen LogP contribution in [0.1, 0.15) is 19.3 Å². The molecule has 2 fully saturated rings. The van der Waals surface area contributed by atoms with Crippen molar-refractivity contribution in [2.75, 3.05) is 38.2 Å². The molecule has 3 nitrogen and oxygen atoms in total. The van der Waals surface area contributed by atoms with E-state index in [-0.39, 0.29) is 0 Å². The van der Waals surface area contributed by atoms with E-state index in [4.69, 9.17) is 16.3 Å². The highest BCUT2D eigenvalue weighted by Gasteiger charge is 2.28. The lowest BCUT2D eigenvalue weighted by Gasteiger charge is -2.43. The molecule has 0 bridgehead atoms. The Morgan fingerprint density at radius 1 is 1.26 bits per heavy atom. The Balaban J connectivity index is 1.67. The van der Waals surface area contributed by atoms with Crippen molar-refractivity contribution < 1.29 is 4.74 Å². The van der Waals surface area contributed by atoms with Gasteiger partial charge in [0.15, 0.2) is 0 Å². The maximum absolute atomic E-state index is 5.96. The first-order valence-electron chi connectivity index (χ1n) is 7.02. The molecule has 19 heavy (non-hydrogen) atoms. The maximum atomic E-state index is 5.96. The Morgan fingerprint density at radius 3 is 2.58 bits per heavy atom. The van der Waals surface area contributed by atoms with E-state index in [2.05, 4.69) is 15.9 Å². The van der Waals surface area contributed by atoms with Crippen LogP contribution in [0.25, 0.3) is 0 Å². The van der Waals surface area contributed by atoms with Crippen LogP contribution < -0.4 is 9.64 Å². The van der Waals surface area contributed by atoms with E-state index in [0.29, 0.717) is 5.02 Å². The Morgan fingerprint density at radius 2 is 2.00 bits per heavy atom. The van der Waals surface area contributed by atoms with E-state index in [1.165, 1.54) is 19.3 Å². The molecule has 2 aliphatic rings. The van der Waals surface area contributed by atoms with Gasteiger partial charge in [0.05, 0.1) is 17.8 Å². The average Bonchev–Trinajstić information content (AvgIpc) is 2.38. The van der Waals surface area contributed by atoms with Crippen LogP contribution in [0.2, 0.25) is 5.02 Å². The molecule has 1 aliphatic carbocycles. The number of anilines is 1. The molecule has 0 atom stereocenters. The molecule has 1 saturated heterocycles. The minimum atomic E-state index is 0.605. The summed E-state index contributed by atoms with van der Waals surface area (Å²) >= 11 is 5.96. The Hall–Kier alpha value is -0.930. The third-order valence-corrected chi connectivity index (χ3v) is 4.54. The zero-order chi connectivity index (χ0) is 13.2. The molecule has 0 N–H and O–H groups in total. The normalized spacial score (nSPS) is 21.3. The molecule has 0 aromatic heterocycles. The molecule has 1 heterocycles. The van der Waals surface area contributed by atoms with Gasteiger partial charge in [0.2, 0.25) is 0 Å². The van der Waals surface area contributed by atoms with Crippen molar-refractivity contribution in [3.05, 3.63) is 23.2 Å². The fourth-order valence-electron chi connectivity index (χ4n) is 2.93. The lowest BCUT2D eigenvalue weighted by atomic mass is 9.91. The van der Waals surface area contributed by atoms with Crippen LogP contribution in [0, 0.1) is 6.07 Å². The third kappa shape index (κ3) is 2.67. The van der Waals surface area contributed by atoms with E-state index in [1.807, 2.05) is 12.1 Å². The van der Waals surface area contributed by atoms with Crippen molar-refractivity contribution in [1.29, 1.82) is 0 Å². The summed E-state index contributed by atoms with van der Waals surface area (Å²) in [5, 5.41) is 0.605. The largest absolute Gasteiger partial charge is 0.495 e. The van der Waals surface area contributed by atoms with Crippen molar-refractivity contribution >= 4 is 17.3 Å². The molecule has 1 aromatic rings. The summed E-state index contributed by atoms with van der Waals surface area (Å²) in [7, 11) is 1.69. The van der Waals surface area contributed by atoms with Crippen LogP contribution in [-0.4, -0.2) is 44.2 Å². The summed E-state index contributed by atoms with van der Waals surface area (Å²) in [4.78, 5) is 5.01. The molecule has 1 saturated carbocycles. The molecule has 1 aliphatic heterocycles. The topological polar surface area (TPSA) is 15.7 Å². The number of hydrogen-bond donors (Lipinski definition) is 0. The molecule has 1 radical (unpaired) electrons. The highest BCUT2D eigenvalue weighted by Crippen LogP contribution is 2.32. The number of ether oxygens (including phenoxy) is 1. The van der Waals surface area contributed by atoms with Crippen LogP contribution in [0.3, 0.4) is 0 Å². The molecular weight excluding hydrogens is 260 g/mol. The SMILES string of the molecule is COc1cc(Cl)[c]cc1N1CCN(C2CCC2)CC1. The van der Waals surface area contributed by atoms with Gasteiger partial charge in [-0.3, -0.25) is 4.90 Å². The molecule has 3 rings (SSSR count). The monoisotopic (exact) mass is 279 g/mol. The maximum Gasteiger partial charge on any atom is 0.143 e. The van der Waals surface area contributed by atoms with Gasteiger partial charge < -0.3 is 9.64 Å². The summed E-state index contributed by atoms with van der Waals surface area (Å²) in [5.41, 5.74) is 1.11. The van der Waals surface area contributed by atoms with E-state index in [9.17, 15) is 0 Å². The summed E-state index contributed by atoms with van der Waals surface area (Å²) in [6, 6.07) is 7.69. The summed E-state index contributed by atoms with van der Waals surface area (Å²) in [6.45, 7) is 4.41. The number of halogens is 1. The fraction of sp³-hybridized carbons (Fsp3) is 0.600. The van der Waals surface area contributed by atoms with E-state index in [1.54, 1.807) is 7.11 Å². The highest BCUT2D eigenvalue weighted by atomic mass is 35.5. The van der Waals surface area contributed by atoms with Gasteiger partial charge in [-0.1, -0.05) is 18.0 Å². The van der Waals surface area contributed by atoms with E-state index >= 15 is 0 Å². The van der Waals surface area contributed by atoms with Crippen LogP contribution in [0.5, 0.6) is 5.75 Å². The van der Waals surface area contributed by atoms with Crippen molar-refractivity contribution in [3.8, 4) is 5.75 Å². The molecule has 1 aromatic carbocycles. The number of benzene rings is 1. The van der Waals surface area contributed by atoms with Gasteiger partial charge in [-0.15, -0.1) is 0 Å². The Bertz CT molecular complexity index is 440. The van der Waals surface area contributed by atoms with Gasteiger partial charge in [0.25, 0.3) is 0 Å². The quantitative estimate of drug-likeness (QED) is 0.846. The van der Waals surface area contributed by atoms with Crippen LogP contribution >= 0.6 is 11.6 Å². The zero-order valence-electron chi connectivity index (χ0n) is 11.4. The van der Waals surface area contributed by atoms with E-state index in [0.717, 1.165) is 43.7 Å². The van der Waals surface area contributed by atoms with Gasteiger partial charge in [0.1, 0.15) is 5.75 Å². The summed E-state index contributed by atoms with van der Waals surface area (Å²) in [5.74, 6) is 0.848. The molecule has 4 heteroatoms. The second-order valence-electron chi connectivity index (χ2n) is 5.34. The summed E-state index contributed by atoms with van der Waals surface area (Å²) in [6.07, 6.45) is 4.18. The van der Waals surface area contributed by atoms with Crippen LogP contribution in [-0.2, 0) is 0 Å². The lowest BCUT2D eigenvalue weighted by Crippen LogP contribution is -2.52. The van der Waals surface area contributed by atoms with Crippen LogP contribution in [0.4, 0.5) is 5.69 Å². The minimum absolute atomic E-state index is 0.605. The van der Waals surface area contributed by atoms with Gasteiger partial charge in [0, 0.05) is 44.4 Å². The first-order valence-corrected chi connectivity index (χ1v) is 7.40. The first kappa shape index (κ1) is 13.1. The Kier molecular flexibility index (Phi) is 3.85. The number of hydrogen-bond acceptors (Lipinski definition) is 3. The van der Waals surface area contributed by atoms with Gasteiger partial charge in [-0.05, 0) is 18.9 Å². The smallest absolute Gasteiger partial charge is 0.143 e. The molecular formula is C15H20ClN2O. The van der Waals surface area contributed by atoms with Crippen molar-refractivity contribution in [3.63, 3.8) is 0 Å². The lowest BCUT2D eigenvalue weighted by molar-refractivity contribution is 0.120. The Labute approximate surface area is 120 Å². The van der Waals surface area contributed by atoms with Crippen molar-refractivity contribution in [2.24, 2.45) is 0 Å². The van der Waals surface area contributed by atoms with Gasteiger partial charge in [-0.25, -0.2) is 0 Å². The third-order valence-electron chi connectivity index (χ3n) is 4.32. The highest BCUT2D eigenvalue weighted by molar-refractivity contribution is 6.30. The summed E-state index contributed by atoms with van der Waals surface area (Å²) < 4.78 is 5.43. The predicted octanol–water partition coefficient (Wildman–Crippen LogP) is 2.82. The number of nitrogens with zero attached hydrogens (tertiary/aromatic N) is 2. The molecule has 0 unspecified atom stereocenters. The fourth-order valence-corrected chi connectivity index (χ4v) is 3.08. The minimum Gasteiger partial charge on any atom is -0.495 e. The van der Waals surface area contributed by atoms with E-state index < -0.39 is 0 Å². The zero-order valence-corrected chi connectivity index (χ0v) is 12.1. The number of piperazine rings is 1. The van der Waals surface area contributed by atoms with Gasteiger partial charge in [-0.2, -0.15) is 0 Å². The molecule has 103 valence electrons. The second kappa shape index (κ2) is 5.59. The number of rotatable bonds is 3. The predicted molar refractivity (Wildman–Crippen MR) is 78.3 cm³/mol. The number of methoxy groups -OCH3 is 1. The van der Waals surface area contributed by atoms with Gasteiger partial charge >= 0.3 is 0 Å².